The largest absolute Gasteiger partial charge is 0.467 e. The van der Waals surface area contributed by atoms with E-state index in [0.29, 0.717) is 16.1 Å². The molecule has 0 radical (unpaired) electrons. The smallest absolute Gasteiger partial charge is 0.328 e. The maximum atomic E-state index is 11.8. The highest BCUT2D eigenvalue weighted by Gasteiger charge is 2.20. The number of aromatic nitrogens is 2. The lowest BCUT2D eigenvalue weighted by molar-refractivity contribution is -0.144. The van der Waals surface area contributed by atoms with Crippen LogP contribution in [0.15, 0.2) is 23.0 Å². The molecule has 0 bridgehead atoms. The summed E-state index contributed by atoms with van der Waals surface area (Å²) in [5.74, 6) is -0.479. The van der Waals surface area contributed by atoms with Gasteiger partial charge in [0, 0.05) is 5.02 Å². The summed E-state index contributed by atoms with van der Waals surface area (Å²) in [6.45, 7) is 1.60. The number of rotatable bonds is 2. The zero-order valence-electron chi connectivity index (χ0n) is 9.36. The van der Waals surface area contributed by atoms with Crippen LogP contribution in [0.25, 0.3) is 11.0 Å². The van der Waals surface area contributed by atoms with E-state index in [4.69, 9.17) is 11.6 Å². The molecule has 0 fully saturated rings. The molecule has 90 valence electrons. The zero-order chi connectivity index (χ0) is 12.6. The minimum Gasteiger partial charge on any atom is -0.467 e. The van der Waals surface area contributed by atoms with Crippen molar-refractivity contribution in [3.8, 4) is 0 Å². The third-order valence-corrected chi connectivity index (χ3v) is 2.84. The van der Waals surface area contributed by atoms with Crippen molar-refractivity contribution in [2.45, 2.75) is 13.0 Å². The van der Waals surface area contributed by atoms with Gasteiger partial charge in [-0.15, -0.1) is 0 Å². The number of imidazole rings is 1. The Bertz CT molecular complexity index is 629. The highest BCUT2D eigenvalue weighted by molar-refractivity contribution is 6.31. The summed E-state index contributed by atoms with van der Waals surface area (Å²) >= 11 is 5.87. The summed E-state index contributed by atoms with van der Waals surface area (Å²) in [5, 5.41) is 0.502. The van der Waals surface area contributed by atoms with Crippen molar-refractivity contribution in [1.82, 2.24) is 9.55 Å². The fraction of sp³-hybridized carbons (Fsp3) is 0.273. The van der Waals surface area contributed by atoms with Crippen molar-refractivity contribution in [1.29, 1.82) is 0 Å². The lowest BCUT2D eigenvalue weighted by atomic mass is 10.3. The Morgan fingerprint density at radius 2 is 2.24 bits per heavy atom. The number of H-pyrrole nitrogens is 1. The van der Waals surface area contributed by atoms with Gasteiger partial charge < -0.3 is 9.72 Å². The number of ether oxygens (including phenoxy) is 1. The Hall–Kier alpha value is -1.75. The molecule has 17 heavy (non-hydrogen) atoms. The van der Waals surface area contributed by atoms with Crippen LogP contribution in [0.1, 0.15) is 13.0 Å². The Labute approximate surface area is 102 Å². The molecule has 6 heteroatoms. The number of aromatic amines is 1. The first kappa shape index (κ1) is 11.7. The highest BCUT2D eigenvalue weighted by atomic mass is 35.5. The van der Waals surface area contributed by atoms with Crippen LogP contribution in [-0.2, 0) is 9.53 Å². The molecule has 2 aromatic rings. The topological polar surface area (TPSA) is 64.1 Å². The fourth-order valence-corrected chi connectivity index (χ4v) is 1.92. The van der Waals surface area contributed by atoms with E-state index in [1.165, 1.54) is 11.7 Å². The maximum absolute atomic E-state index is 11.8. The number of halogens is 1. The Morgan fingerprint density at radius 3 is 2.88 bits per heavy atom. The van der Waals surface area contributed by atoms with Crippen LogP contribution in [0.4, 0.5) is 0 Å². The van der Waals surface area contributed by atoms with Crippen LogP contribution in [0, 0.1) is 0 Å². The molecule has 0 aliphatic rings. The number of hydrogen-bond donors (Lipinski definition) is 1. The third-order valence-electron chi connectivity index (χ3n) is 2.61. The van der Waals surface area contributed by atoms with Crippen LogP contribution in [0.2, 0.25) is 5.02 Å². The Kier molecular flexibility index (Phi) is 2.93. The molecule has 1 unspecified atom stereocenters. The van der Waals surface area contributed by atoms with Crippen LogP contribution in [0.3, 0.4) is 0 Å². The molecule has 1 aromatic heterocycles. The number of carbonyl (C=O) groups is 1. The van der Waals surface area contributed by atoms with E-state index in [1.807, 2.05) is 0 Å². The van der Waals surface area contributed by atoms with Crippen LogP contribution < -0.4 is 5.69 Å². The monoisotopic (exact) mass is 254 g/mol. The third kappa shape index (κ3) is 1.93. The van der Waals surface area contributed by atoms with Gasteiger partial charge in [0.1, 0.15) is 6.04 Å². The van der Waals surface area contributed by atoms with E-state index in [2.05, 4.69) is 9.72 Å². The zero-order valence-corrected chi connectivity index (χ0v) is 10.1. The predicted molar refractivity (Wildman–Crippen MR) is 64.3 cm³/mol. The van der Waals surface area contributed by atoms with Gasteiger partial charge in [-0.2, -0.15) is 0 Å². The van der Waals surface area contributed by atoms with Crippen molar-refractivity contribution < 1.29 is 9.53 Å². The number of esters is 1. The number of fused-ring (bicyclic) bond motifs is 1. The van der Waals surface area contributed by atoms with Crippen molar-refractivity contribution in [3.63, 3.8) is 0 Å². The van der Waals surface area contributed by atoms with Gasteiger partial charge in [0.2, 0.25) is 0 Å². The molecule has 1 aromatic carbocycles. The second kappa shape index (κ2) is 4.25. The molecule has 0 saturated heterocycles. The van der Waals surface area contributed by atoms with Crippen LogP contribution in [0.5, 0.6) is 0 Å². The second-order valence-corrected chi connectivity index (χ2v) is 4.10. The summed E-state index contributed by atoms with van der Waals surface area (Å²) in [4.78, 5) is 25.9. The quantitative estimate of drug-likeness (QED) is 0.830. The van der Waals surface area contributed by atoms with Gasteiger partial charge in [-0.05, 0) is 25.1 Å². The molecular formula is C11H11ClN2O3. The first-order valence-electron chi connectivity index (χ1n) is 5.02. The number of benzene rings is 1. The standard InChI is InChI=1S/C11H11ClN2O3/c1-6(10(15)17-2)14-9-5-7(12)3-4-8(9)13-11(14)16/h3-6H,1-2H3,(H,13,16). The first-order chi connectivity index (χ1) is 8.04. The van der Waals surface area contributed by atoms with Gasteiger partial charge in [-0.25, -0.2) is 9.59 Å². The maximum Gasteiger partial charge on any atom is 0.328 e. The lowest BCUT2D eigenvalue weighted by Gasteiger charge is -2.10. The molecule has 0 aliphatic carbocycles. The van der Waals surface area contributed by atoms with Gasteiger partial charge in [-0.1, -0.05) is 11.6 Å². The lowest BCUT2D eigenvalue weighted by Crippen LogP contribution is -2.26. The van der Waals surface area contributed by atoms with Gasteiger partial charge >= 0.3 is 11.7 Å². The Morgan fingerprint density at radius 1 is 1.53 bits per heavy atom. The van der Waals surface area contributed by atoms with E-state index >= 15 is 0 Å². The van der Waals surface area contributed by atoms with Crippen molar-refractivity contribution in [3.05, 3.63) is 33.7 Å². The predicted octanol–water partition coefficient (Wildman–Crippen LogP) is 1.72. The summed E-state index contributed by atoms with van der Waals surface area (Å²) in [6.07, 6.45) is 0. The molecule has 0 amide bonds. The fourth-order valence-electron chi connectivity index (χ4n) is 1.76. The summed E-state index contributed by atoms with van der Waals surface area (Å²) in [7, 11) is 1.28. The average molecular weight is 255 g/mol. The van der Waals surface area contributed by atoms with Crippen molar-refractivity contribution >= 4 is 28.6 Å². The molecule has 1 N–H and O–H groups in total. The van der Waals surface area contributed by atoms with Crippen LogP contribution in [-0.4, -0.2) is 22.6 Å². The van der Waals surface area contributed by atoms with Crippen LogP contribution >= 0.6 is 11.6 Å². The minimum atomic E-state index is -0.695. The van der Waals surface area contributed by atoms with Gasteiger partial charge in [0.25, 0.3) is 0 Å². The molecular weight excluding hydrogens is 244 g/mol. The van der Waals surface area contributed by atoms with E-state index in [-0.39, 0.29) is 5.69 Å². The second-order valence-electron chi connectivity index (χ2n) is 3.66. The minimum absolute atomic E-state index is 0.361. The van der Waals surface area contributed by atoms with E-state index in [0.717, 1.165) is 0 Å². The number of carbonyl (C=O) groups excluding carboxylic acids is 1. The average Bonchev–Trinajstić information content (AvgIpc) is 2.62. The first-order valence-corrected chi connectivity index (χ1v) is 5.40. The molecule has 1 heterocycles. The van der Waals surface area contributed by atoms with Gasteiger partial charge in [0.15, 0.2) is 0 Å². The van der Waals surface area contributed by atoms with Gasteiger partial charge in [-0.3, -0.25) is 4.57 Å². The highest BCUT2D eigenvalue weighted by Crippen LogP contribution is 2.19. The summed E-state index contributed by atoms with van der Waals surface area (Å²) in [6, 6.07) is 4.31. The molecule has 5 nitrogen and oxygen atoms in total. The number of hydrogen-bond acceptors (Lipinski definition) is 3. The molecule has 0 spiro atoms. The number of nitrogens with one attached hydrogen (secondary N) is 1. The number of nitrogens with zero attached hydrogens (tertiary/aromatic N) is 1. The molecule has 0 aliphatic heterocycles. The Balaban J connectivity index is 2.67. The SMILES string of the molecule is COC(=O)C(C)n1c(=O)[nH]c2ccc(Cl)cc21. The van der Waals surface area contributed by atoms with Gasteiger partial charge in [0.05, 0.1) is 18.1 Å². The van der Waals surface area contributed by atoms with Crippen molar-refractivity contribution in [2.24, 2.45) is 0 Å². The molecule has 1 atom stereocenters. The molecule has 0 saturated carbocycles. The summed E-state index contributed by atoms with van der Waals surface area (Å²) in [5.41, 5.74) is 0.857. The van der Waals surface area contributed by atoms with E-state index in [9.17, 15) is 9.59 Å². The number of methoxy groups -OCH3 is 1. The normalized spacial score (nSPS) is 12.6. The summed E-state index contributed by atoms with van der Waals surface area (Å²) < 4.78 is 5.95. The van der Waals surface area contributed by atoms with E-state index in [1.54, 1.807) is 25.1 Å². The molecule has 2 rings (SSSR count). The van der Waals surface area contributed by atoms with E-state index < -0.39 is 12.0 Å². The van der Waals surface area contributed by atoms with Crippen molar-refractivity contribution in [2.75, 3.05) is 7.11 Å².